The van der Waals surface area contributed by atoms with Gasteiger partial charge in [0.2, 0.25) is 0 Å². The maximum absolute atomic E-state index is 5.84. The standard InChI is InChI=1S/C11H17N3/c1-7-3-10(12)11(13-5-7)14-6-9-4-8(9)2/h3,5,8-9H,4,6,12H2,1-2H3,(H,13,14). The minimum absolute atomic E-state index is 0.748. The summed E-state index contributed by atoms with van der Waals surface area (Å²) in [6.45, 7) is 5.27. The molecule has 1 aromatic rings. The zero-order valence-electron chi connectivity index (χ0n) is 8.75. The van der Waals surface area contributed by atoms with Crippen molar-refractivity contribution in [1.82, 2.24) is 4.98 Å². The molecule has 0 aliphatic heterocycles. The molecular weight excluding hydrogens is 174 g/mol. The molecule has 2 unspecified atom stereocenters. The second-order valence-corrected chi connectivity index (χ2v) is 4.30. The average Bonchev–Trinajstić information content (AvgIpc) is 2.80. The van der Waals surface area contributed by atoms with Crippen molar-refractivity contribution in [3.63, 3.8) is 0 Å². The van der Waals surface area contributed by atoms with Crippen molar-refractivity contribution in [3.05, 3.63) is 17.8 Å². The van der Waals surface area contributed by atoms with Gasteiger partial charge in [-0.1, -0.05) is 6.92 Å². The molecule has 1 aromatic heterocycles. The van der Waals surface area contributed by atoms with Crippen molar-refractivity contribution in [2.75, 3.05) is 17.6 Å². The molecule has 14 heavy (non-hydrogen) atoms. The molecule has 0 radical (unpaired) electrons. The van der Waals surface area contributed by atoms with Crippen LogP contribution in [0.1, 0.15) is 18.9 Å². The van der Waals surface area contributed by atoms with Gasteiger partial charge < -0.3 is 11.1 Å². The number of rotatable bonds is 3. The molecule has 1 heterocycles. The first kappa shape index (κ1) is 9.31. The van der Waals surface area contributed by atoms with Crippen LogP contribution in [0.3, 0.4) is 0 Å². The van der Waals surface area contributed by atoms with Gasteiger partial charge in [0.15, 0.2) is 0 Å². The second-order valence-electron chi connectivity index (χ2n) is 4.30. The van der Waals surface area contributed by atoms with Crippen molar-refractivity contribution < 1.29 is 0 Å². The van der Waals surface area contributed by atoms with Gasteiger partial charge in [0.1, 0.15) is 5.82 Å². The zero-order valence-corrected chi connectivity index (χ0v) is 8.75. The summed E-state index contributed by atoms with van der Waals surface area (Å²) in [4.78, 5) is 4.27. The van der Waals surface area contributed by atoms with Crippen molar-refractivity contribution in [1.29, 1.82) is 0 Å². The summed E-state index contributed by atoms with van der Waals surface area (Å²) in [5, 5.41) is 3.30. The van der Waals surface area contributed by atoms with Gasteiger partial charge in [-0.3, -0.25) is 0 Å². The van der Waals surface area contributed by atoms with Crippen LogP contribution in [-0.2, 0) is 0 Å². The molecule has 76 valence electrons. The fourth-order valence-corrected chi connectivity index (χ4v) is 1.65. The first-order valence-corrected chi connectivity index (χ1v) is 5.13. The molecule has 0 bridgehead atoms. The first-order chi connectivity index (χ1) is 6.66. The van der Waals surface area contributed by atoms with E-state index < -0.39 is 0 Å². The number of nitrogens with two attached hydrogens (primary N) is 1. The Hall–Kier alpha value is -1.25. The van der Waals surface area contributed by atoms with Crippen LogP contribution in [0.15, 0.2) is 12.3 Å². The van der Waals surface area contributed by atoms with Crippen molar-refractivity contribution in [2.24, 2.45) is 11.8 Å². The molecule has 0 amide bonds. The maximum atomic E-state index is 5.84. The highest BCUT2D eigenvalue weighted by Crippen LogP contribution is 2.37. The van der Waals surface area contributed by atoms with Crippen molar-refractivity contribution in [3.8, 4) is 0 Å². The Morgan fingerprint density at radius 3 is 2.93 bits per heavy atom. The molecule has 0 spiro atoms. The molecule has 3 nitrogen and oxygen atoms in total. The van der Waals surface area contributed by atoms with E-state index in [0.717, 1.165) is 35.4 Å². The summed E-state index contributed by atoms with van der Waals surface area (Å²) >= 11 is 0. The Balaban J connectivity index is 1.95. The van der Waals surface area contributed by atoms with Crippen molar-refractivity contribution >= 4 is 11.5 Å². The normalized spacial score (nSPS) is 24.7. The van der Waals surface area contributed by atoms with Gasteiger partial charge in [0.25, 0.3) is 0 Å². The molecule has 1 aliphatic rings. The SMILES string of the molecule is Cc1cnc(NCC2CC2C)c(N)c1. The predicted octanol–water partition coefficient (Wildman–Crippen LogP) is 2.04. The van der Waals surface area contributed by atoms with E-state index in [-0.39, 0.29) is 0 Å². The summed E-state index contributed by atoms with van der Waals surface area (Å²) in [5.41, 5.74) is 7.69. The van der Waals surface area contributed by atoms with Gasteiger partial charge in [-0.25, -0.2) is 4.98 Å². The quantitative estimate of drug-likeness (QED) is 0.768. The Morgan fingerprint density at radius 2 is 2.36 bits per heavy atom. The smallest absolute Gasteiger partial charge is 0.149 e. The maximum Gasteiger partial charge on any atom is 0.149 e. The fourth-order valence-electron chi connectivity index (χ4n) is 1.65. The van der Waals surface area contributed by atoms with Crippen LogP contribution in [0.25, 0.3) is 0 Å². The monoisotopic (exact) mass is 191 g/mol. The van der Waals surface area contributed by atoms with Gasteiger partial charge >= 0.3 is 0 Å². The topological polar surface area (TPSA) is 50.9 Å². The molecule has 3 heteroatoms. The van der Waals surface area contributed by atoms with E-state index in [4.69, 9.17) is 5.73 Å². The third kappa shape index (κ3) is 1.97. The van der Waals surface area contributed by atoms with Gasteiger partial charge in [-0.2, -0.15) is 0 Å². The number of anilines is 2. The summed E-state index contributed by atoms with van der Waals surface area (Å²) in [6.07, 6.45) is 3.17. The van der Waals surface area contributed by atoms with E-state index in [9.17, 15) is 0 Å². The van der Waals surface area contributed by atoms with Crippen LogP contribution in [0.4, 0.5) is 11.5 Å². The molecular formula is C11H17N3. The Labute approximate surface area is 84.7 Å². The molecule has 2 rings (SSSR count). The summed E-state index contributed by atoms with van der Waals surface area (Å²) in [7, 11) is 0. The minimum Gasteiger partial charge on any atom is -0.396 e. The number of aryl methyl sites for hydroxylation is 1. The lowest BCUT2D eigenvalue weighted by Gasteiger charge is -2.07. The van der Waals surface area contributed by atoms with Crippen LogP contribution in [0.5, 0.6) is 0 Å². The van der Waals surface area contributed by atoms with E-state index in [2.05, 4.69) is 17.2 Å². The number of nitrogens with zero attached hydrogens (tertiary/aromatic N) is 1. The fraction of sp³-hybridized carbons (Fsp3) is 0.545. The van der Waals surface area contributed by atoms with E-state index in [1.165, 1.54) is 6.42 Å². The Bertz CT molecular complexity index is 335. The second kappa shape index (κ2) is 3.48. The van der Waals surface area contributed by atoms with E-state index >= 15 is 0 Å². The lowest BCUT2D eigenvalue weighted by Crippen LogP contribution is -2.08. The number of hydrogen-bond donors (Lipinski definition) is 2. The molecule has 2 atom stereocenters. The lowest BCUT2D eigenvalue weighted by molar-refractivity contribution is 0.785. The third-order valence-electron chi connectivity index (χ3n) is 2.86. The predicted molar refractivity (Wildman–Crippen MR) is 59.1 cm³/mol. The summed E-state index contributed by atoms with van der Waals surface area (Å²) in [5.74, 6) is 2.52. The van der Waals surface area contributed by atoms with Gasteiger partial charge in [0, 0.05) is 12.7 Å². The molecule has 1 fully saturated rings. The minimum atomic E-state index is 0.748. The molecule has 1 saturated carbocycles. The highest BCUT2D eigenvalue weighted by atomic mass is 15.0. The van der Waals surface area contributed by atoms with E-state index in [1.54, 1.807) is 0 Å². The van der Waals surface area contributed by atoms with Gasteiger partial charge in [-0.05, 0) is 36.8 Å². The van der Waals surface area contributed by atoms with Crippen LogP contribution in [0.2, 0.25) is 0 Å². The average molecular weight is 191 g/mol. The Morgan fingerprint density at radius 1 is 1.64 bits per heavy atom. The van der Waals surface area contributed by atoms with Crippen LogP contribution >= 0.6 is 0 Å². The zero-order chi connectivity index (χ0) is 10.1. The van der Waals surface area contributed by atoms with Crippen LogP contribution < -0.4 is 11.1 Å². The first-order valence-electron chi connectivity index (χ1n) is 5.13. The van der Waals surface area contributed by atoms with Crippen LogP contribution in [-0.4, -0.2) is 11.5 Å². The lowest BCUT2D eigenvalue weighted by atomic mass is 10.3. The number of aromatic nitrogens is 1. The third-order valence-corrected chi connectivity index (χ3v) is 2.86. The highest BCUT2D eigenvalue weighted by molar-refractivity contribution is 5.61. The molecule has 1 aliphatic carbocycles. The van der Waals surface area contributed by atoms with Gasteiger partial charge in [0.05, 0.1) is 5.69 Å². The molecule has 0 aromatic carbocycles. The highest BCUT2D eigenvalue weighted by Gasteiger charge is 2.31. The van der Waals surface area contributed by atoms with E-state index in [1.807, 2.05) is 19.2 Å². The molecule has 0 saturated heterocycles. The summed E-state index contributed by atoms with van der Waals surface area (Å²) in [6, 6.07) is 1.95. The van der Waals surface area contributed by atoms with Crippen molar-refractivity contribution in [2.45, 2.75) is 20.3 Å². The van der Waals surface area contributed by atoms with Gasteiger partial charge in [-0.15, -0.1) is 0 Å². The number of nitrogen functional groups attached to an aromatic ring is 1. The van der Waals surface area contributed by atoms with Crippen LogP contribution in [0, 0.1) is 18.8 Å². The summed E-state index contributed by atoms with van der Waals surface area (Å²) < 4.78 is 0. The number of hydrogen-bond acceptors (Lipinski definition) is 3. The number of nitrogens with one attached hydrogen (secondary N) is 1. The van der Waals surface area contributed by atoms with E-state index in [0.29, 0.717) is 0 Å². The number of pyridine rings is 1. The largest absolute Gasteiger partial charge is 0.396 e. The Kier molecular flexibility index (Phi) is 2.32. The molecule has 3 N–H and O–H groups in total.